The van der Waals surface area contributed by atoms with E-state index in [-0.39, 0.29) is 11.9 Å². The molecule has 0 bridgehead atoms. The molecule has 4 rings (SSSR count). The fourth-order valence-corrected chi connectivity index (χ4v) is 4.57. The Hall–Kier alpha value is -4.27. The lowest BCUT2D eigenvalue weighted by Gasteiger charge is -2.26. The monoisotopic (exact) mass is 499 g/mol. The minimum atomic E-state index is -0.827. The van der Waals surface area contributed by atoms with Crippen molar-refractivity contribution in [1.82, 2.24) is 30.3 Å². The van der Waals surface area contributed by atoms with Gasteiger partial charge in [-0.05, 0) is 62.8 Å². The molecule has 0 spiro atoms. The maximum Gasteiger partial charge on any atom is 0.270 e. The molecule has 2 amide bonds. The van der Waals surface area contributed by atoms with Crippen molar-refractivity contribution in [3.05, 3.63) is 84.6 Å². The Morgan fingerprint density at radius 2 is 2.00 bits per heavy atom. The highest BCUT2D eigenvalue weighted by molar-refractivity contribution is 6.02. The number of nitrogens with zero attached hydrogens (tertiary/aromatic N) is 4. The summed E-state index contributed by atoms with van der Waals surface area (Å²) in [5.74, 6) is -0.184. The summed E-state index contributed by atoms with van der Waals surface area (Å²) in [7, 11) is 0. The van der Waals surface area contributed by atoms with E-state index in [9.17, 15) is 9.59 Å². The number of H-pyrrole nitrogens is 1. The molecule has 3 N–H and O–H groups in total. The number of amides is 2. The average Bonchev–Trinajstić information content (AvgIpc) is 3.51. The smallest absolute Gasteiger partial charge is 0.270 e. The van der Waals surface area contributed by atoms with Crippen LogP contribution in [0, 0.1) is 19.8 Å². The molecule has 0 aromatic carbocycles. The van der Waals surface area contributed by atoms with Crippen molar-refractivity contribution in [2.24, 2.45) is 5.92 Å². The van der Waals surface area contributed by atoms with Crippen LogP contribution in [-0.4, -0.2) is 42.8 Å². The minimum absolute atomic E-state index is 0.323. The lowest BCUT2D eigenvalue weighted by atomic mass is 9.87. The molecule has 3 heterocycles. The lowest BCUT2D eigenvalue weighted by Crippen LogP contribution is -2.46. The van der Waals surface area contributed by atoms with Crippen LogP contribution in [0.25, 0.3) is 11.3 Å². The normalized spacial score (nSPS) is 16.1. The van der Waals surface area contributed by atoms with Crippen molar-refractivity contribution in [2.45, 2.75) is 52.1 Å². The van der Waals surface area contributed by atoms with E-state index in [4.69, 9.17) is 0 Å². The fraction of sp³-hybridized carbons (Fsp3) is 0.321. The van der Waals surface area contributed by atoms with Gasteiger partial charge in [-0.3, -0.25) is 19.7 Å². The third-order valence-electron chi connectivity index (χ3n) is 6.70. The highest BCUT2D eigenvalue weighted by atomic mass is 16.2. The van der Waals surface area contributed by atoms with E-state index < -0.39 is 11.9 Å². The largest absolute Gasteiger partial charge is 0.335 e. The number of aromatic amines is 1. The van der Waals surface area contributed by atoms with Crippen LogP contribution in [0.4, 0.5) is 5.69 Å². The summed E-state index contributed by atoms with van der Waals surface area (Å²) in [5, 5.41) is 17.3. The summed E-state index contributed by atoms with van der Waals surface area (Å²) < 4.78 is 1.53. The number of hydrogen-bond donors (Lipinski definition) is 3. The summed E-state index contributed by atoms with van der Waals surface area (Å²) in [5.41, 5.74) is 5.26. The van der Waals surface area contributed by atoms with Crippen LogP contribution in [0.5, 0.6) is 0 Å². The number of nitrogens with one attached hydrogen (secondary N) is 3. The van der Waals surface area contributed by atoms with E-state index >= 15 is 0 Å². The molecule has 0 saturated carbocycles. The van der Waals surface area contributed by atoms with Gasteiger partial charge in [0.25, 0.3) is 11.8 Å². The van der Waals surface area contributed by atoms with Gasteiger partial charge in [-0.1, -0.05) is 25.2 Å². The van der Waals surface area contributed by atoms with Gasteiger partial charge in [-0.2, -0.15) is 10.2 Å². The molecule has 1 unspecified atom stereocenters. The second-order valence-electron chi connectivity index (χ2n) is 9.42. The van der Waals surface area contributed by atoms with Gasteiger partial charge in [0.15, 0.2) is 0 Å². The Morgan fingerprint density at radius 1 is 1.22 bits per heavy atom. The van der Waals surface area contributed by atoms with E-state index in [1.165, 1.54) is 4.68 Å². The van der Waals surface area contributed by atoms with Crippen LogP contribution in [-0.2, 0) is 4.79 Å². The third kappa shape index (κ3) is 5.61. The van der Waals surface area contributed by atoms with Gasteiger partial charge in [0, 0.05) is 17.5 Å². The van der Waals surface area contributed by atoms with Crippen LogP contribution < -0.4 is 10.6 Å². The molecule has 2 atom stereocenters. The summed E-state index contributed by atoms with van der Waals surface area (Å²) >= 11 is 0. The summed E-state index contributed by atoms with van der Waals surface area (Å²) in [4.78, 5) is 31.3. The Morgan fingerprint density at radius 3 is 2.59 bits per heavy atom. The summed E-state index contributed by atoms with van der Waals surface area (Å²) in [6.45, 7) is 13.6. The number of allylic oxidation sites excluding steroid dienone is 3. The number of rotatable bonds is 9. The molecule has 9 nitrogen and oxygen atoms in total. The van der Waals surface area contributed by atoms with Crippen molar-refractivity contribution in [1.29, 1.82) is 0 Å². The van der Waals surface area contributed by atoms with Gasteiger partial charge in [0.05, 0.1) is 29.3 Å². The standard InChI is InChI=1S/C28H33N7O2/c1-6-22(7-2)35-24(14-15-30-35)27(36)32-26(20-10-8-17(3)9-11-20)28(37)31-21-12-13-23(29-16-21)25-18(4)33-34-19(25)5/h6-7,10,12-17,22,26H,1-2,8-9,11H2,3-5H3,(H,31,37)(H,32,36)(H,33,34)/t17?,26-/m0/s1. The third-order valence-corrected chi connectivity index (χ3v) is 6.70. The molecule has 3 aromatic heterocycles. The first-order valence-corrected chi connectivity index (χ1v) is 12.4. The zero-order valence-corrected chi connectivity index (χ0v) is 21.5. The lowest BCUT2D eigenvalue weighted by molar-refractivity contribution is -0.117. The van der Waals surface area contributed by atoms with Crippen LogP contribution in [0.1, 0.15) is 54.1 Å². The van der Waals surface area contributed by atoms with Crippen LogP contribution in [0.3, 0.4) is 0 Å². The van der Waals surface area contributed by atoms with Crippen LogP contribution in [0.15, 0.2) is 67.6 Å². The molecule has 0 radical (unpaired) electrons. The molecule has 0 aliphatic heterocycles. The summed E-state index contributed by atoms with van der Waals surface area (Å²) in [6.07, 6.45) is 11.1. The number of hydrogen-bond acceptors (Lipinski definition) is 5. The molecule has 1 aliphatic carbocycles. The molecule has 37 heavy (non-hydrogen) atoms. The molecule has 3 aromatic rings. The van der Waals surface area contributed by atoms with E-state index in [1.54, 1.807) is 36.7 Å². The topological polar surface area (TPSA) is 118 Å². The summed E-state index contributed by atoms with van der Waals surface area (Å²) in [6, 6.07) is 4.09. The highest BCUT2D eigenvalue weighted by Crippen LogP contribution is 2.27. The molecular formula is C28H33N7O2. The average molecular weight is 500 g/mol. The molecule has 0 saturated heterocycles. The Kier molecular flexibility index (Phi) is 7.81. The van der Waals surface area contributed by atoms with Crippen molar-refractivity contribution in [3.63, 3.8) is 0 Å². The second kappa shape index (κ2) is 11.2. The maximum atomic E-state index is 13.5. The van der Waals surface area contributed by atoms with Crippen molar-refractivity contribution in [3.8, 4) is 11.3 Å². The predicted molar refractivity (Wildman–Crippen MR) is 144 cm³/mol. The van der Waals surface area contributed by atoms with Gasteiger partial charge in [-0.25, -0.2) is 4.68 Å². The minimum Gasteiger partial charge on any atom is -0.335 e. The Labute approximate surface area is 216 Å². The maximum absolute atomic E-state index is 13.5. The quantitative estimate of drug-likeness (QED) is 0.370. The van der Waals surface area contributed by atoms with E-state index in [2.05, 4.69) is 57.1 Å². The molecule has 1 aliphatic rings. The Bertz CT molecular complexity index is 1310. The van der Waals surface area contributed by atoms with Gasteiger partial charge in [0.2, 0.25) is 0 Å². The fourth-order valence-electron chi connectivity index (χ4n) is 4.57. The van der Waals surface area contributed by atoms with Gasteiger partial charge in [-0.15, -0.1) is 13.2 Å². The van der Waals surface area contributed by atoms with Crippen molar-refractivity contribution >= 4 is 17.5 Å². The highest BCUT2D eigenvalue weighted by Gasteiger charge is 2.29. The zero-order chi connectivity index (χ0) is 26.5. The number of aromatic nitrogens is 5. The van der Waals surface area contributed by atoms with Crippen LogP contribution in [0.2, 0.25) is 0 Å². The first-order chi connectivity index (χ1) is 17.8. The number of pyridine rings is 1. The predicted octanol–water partition coefficient (Wildman–Crippen LogP) is 4.68. The molecule has 0 fully saturated rings. The zero-order valence-electron chi connectivity index (χ0n) is 21.5. The molecular weight excluding hydrogens is 466 g/mol. The number of carbonyl (C=O) groups excluding carboxylic acids is 2. The van der Waals surface area contributed by atoms with Crippen LogP contribution >= 0.6 is 0 Å². The number of aryl methyl sites for hydroxylation is 2. The van der Waals surface area contributed by atoms with Gasteiger partial charge < -0.3 is 10.6 Å². The Balaban J connectivity index is 1.56. The number of carbonyl (C=O) groups is 2. The second-order valence-corrected chi connectivity index (χ2v) is 9.42. The van der Waals surface area contributed by atoms with Crippen molar-refractivity contribution in [2.75, 3.05) is 5.32 Å². The van der Waals surface area contributed by atoms with Gasteiger partial charge in [0.1, 0.15) is 11.7 Å². The van der Waals surface area contributed by atoms with Crippen molar-refractivity contribution < 1.29 is 9.59 Å². The first kappa shape index (κ1) is 25.8. The molecule has 9 heteroatoms. The van der Waals surface area contributed by atoms with Gasteiger partial charge >= 0.3 is 0 Å². The molecule has 192 valence electrons. The first-order valence-electron chi connectivity index (χ1n) is 12.4. The number of anilines is 1. The van der Waals surface area contributed by atoms with E-state index in [1.807, 2.05) is 19.9 Å². The van der Waals surface area contributed by atoms with E-state index in [0.717, 1.165) is 47.5 Å². The van der Waals surface area contributed by atoms with E-state index in [0.29, 0.717) is 17.3 Å². The SMILES string of the molecule is C=CC(C=C)n1nccc1C(=O)N[C@H](C(=O)Nc1ccc(-c2c(C)n[nH]c2C)nc1)C1=CCC(C)CC1.